The lowest BCUT2D eigenvalue weighted by Crippen LogP contribution is -2.04. The quantitative estimate of drug-likeness (QED) is 0.439. The fourth-order valence-corrected chi connectivity index (χ4v) is 5.73. The molecule has 0 aromatic heterocycles. The van der Waals surface area contributed by atoms with Crippen molar-refractivity contribution in [1.82, 2.24) is 0 Å². The van der Waals surface area contributed by atoms with Gasteiger partial charge in [0.15, 0.2) is 0 Å². The summed E-state index contributed by atoms with van der Waals surface area (Å²) in [5.74, 6) is 4.60. The summed E-state index contributed by atoms with van der Waals surface area (Å²) in [6, 6.07) is 8.95. The van der Waals surface area contributed by atoms with E-state index in [-0.39, 0.29) is 5.92 Å². The van der Waals surface area contributed by atoms with Crippen LogP contribution in [0.2, 0.25) is 0 Å². The second-order valence-corrected chi connectivity index (χ2v) is 11.5. The van der Waals surface area contributed by atoms with Crippen molar-refractivity contribution in [1.29, 1.82) is 0 Å². The van der Waals surface area contributed by atoms with E-state index >= 15 is 0 Å². The Morgan fingerprint density at radius 1 is 0.531 bits per heavy atom. The standard InChI is InChI=1S/C30H40O2/c1-16(2)25-12-23(13-26(29(25)31)17(3)20-6-7-20)24-14-27(18(4)21-8-9-21)30(32)28(15-24)19(5)22-10-11-22/h12-22,31-32H,6-11H2,1-5H3. The molecule has 3 atom stereocenters. The Labute approximate surface area is 194 Å². The molecule has 3 fully saturated rings. The highest BCUT2D eigenvalue weighted by Crippen LogP contribution is 2.52. The third kappa shape index (κ3) is 4.06. The van der Waals surface area contributed by atoms with Crippen LogP contribution in [0.4, 0.5) is 0 Å². The summed E-state index contributed by atoms with van der Waals surface area (Å²) >= 11 is 0. The van der Waals surface area contributed by atoms with Gasteiger partial charge in [-0.1, -0.05) is 34.6 Å². The molecule has 0 spiro atoms. The molecule has 0 heterocycles. The van der Waals surface area contributed by atoms with Gasteiger partial charge in [0.25, 0.3) is 0 Å². The third-order valence-electron chi connectivity index (χ3n) is 8.75. The maximum Gasteiger partial charge on any atom is 0.122 e. The Morgan fingerprint density at radius 2 is 0.812 bits per heavy atom. The van der Waals surface area contributed by atoms with E-state index in [1.807, 2.05) is 0 Å². The fraction of sp³-hybridized carbons (Fsp3) is 0.600. The van der Waals surface area contributed by atoms with Crippen molar-refractivity contribution in [2.45, 2.75) is 96.8 Å². The first-order chi connectivity index (χ1) is 15.3. The molecular weight excluding hydrogens is 392 g/mol. The molecule has 2 nitrogen and oxygen atoms in total. The van der Waals surface area contributed by atoms with Crippen molar-refractivity contribution >= 4 is 0 Å². The molecule has 0 amide bonds. The lowest BCUT2D eigenvalue weighted by Gasteiger charge is -2.23. The summed E-state index contributed by atoms with van der Waals surface area (Å²) < 4.78 is 0. The molecule has 2 aromatic carbocycles. The van der Waals surface area contributed by atoms with Gasteiger partial charge >= 0.3 is 0 Å². The van der Waals surface area contributed by atoms with Gasteiger partial charge in [0.2, 0.25) is 0 Å². The molecule has 3 unspecified atom stereocenters. The van der Waals surface area contributed by atoms with Gasteiger partial charge in [-0.05, 0) is 138 Å². The van der Waals surface area contributed by atoms with Crippen molar-refractivity contribution < 1.29 is 10.2 Å². The highest BCUT2D eigenvalue weighted by Gasteiger charge is 2.35. The molecule has 0 radical (unpaired) electrons. The van der Waals surface area contributed by atoms with E-state index in [2.05, 4.69) is 58.9 Å². The van der Waals surface area contributed by atoms with Crippen molar-refractivity contribution in [3.8, 4) is 22.6 Å². The van der Waals surface area contributed by atoms with Crippen LogP contribution in [-0.2, 0) is 0 Å². The van der Waals surface area contributed by atoms with Crippen molar-refractivity contribution in [3.63, 3.8) is 0 Å². The minimum Gasteiger partial charge on any atom is -0.507 e. The third-order valence-corrected chi connectivity index (χ3v) is 8.75. The second kappa shape index (κ2) is 8.12. The first kappa shape index (κ1) is 21.9. The highest BCUT2D eigenvalue weighted by atomic mass is 16.3. The minimum atomic E-state index is 0.270. The van der Waals surface area contributed by atoms with Crippen LogP contribution in [0.1, 0.15) is 119 Å². The van der Waals surface area contributed by atoms with E-state index in [0.717, 1.165) is 22.3 Å². The summed E-state index contributed by atoms with van der Waals surface area (Å²) in [5.41, 5.74) is 6.82. The van der Waals surface area contributed by atoms with Crippen LogP contribution in [0.25, 0.3) is 11.1 Å². The molecule has 0 saturated heterocycles. The Balaban J connectivity index is 1.66. The number of hydrogen-bond acceptors (Lipinski definition) is 2. The van der Waals surface area contributed by atoms with Crippen LogP contribution in [0.15, 0.2) is 24.3 Å². The van der Waals surface area contributed by atoms with E-state index in [0.29, 0.717) is 47.0 Å². The zero-order valence-electron chi connectivity index (χ0n) is 20.5. The number of benzene rings is 2. The predicted octanol–water partition coefficient (Wildman–Crippen LogP) is 8.43. The van der Waals surface area contributed by atoms with Gasteiger partial charge in [-0.3, -0.25) is 0 Å². The zero-order chi connectivity index (χ0) is 22.7. The molecule has 2 aromatic rings. The minimum absolute atomic E-state index is 0.270. The van der Waals surface area contributed by atoms with Crippen molar-refractivity contribution in [2.24, 2.45) is 17.8 Å². The molecule has 2 N–H and O–H groups in total. The van der Waals surface area contributed by atoms with Crippen LogP contribution in [0.5, 0.6) is 11.5 Å². The molecule has 0 aliphatic heterocycles. The summed E-state index contributed by atoms with van der Waals surface area (Å²) in [6.45, 7) is 11.2. The number of hydrogen-bond donors (Lipinski definition) is 2. The van der Waals surface area contributed by atoms with Gasteiger partial charge < -0.3 is 10.2 Å². The first-order valence-electron chi connectivity index (χ1n) is 13.0. The van der Waals surface area contributed by atoms with E-state index in [1.54, 1.807) is 0 Å². The summed E-state index contributed by atoms with van der Waals surface area (Å²) in [7, 11) is 0. The molecule has 3 aliphatic rings. The van der Waals surface area contributed by atoms with Crippen LogP contribution in [-0.4, -0.2) is 10.2 Å². The Bertz CT molecular complexity index is 969. The molecule has 5 rings (SSSR count). The normalized spacial score (nSPS) is 21.6. The molecule has 3 aliphatic carbocycles. The van der Waals surface area contributed by atoms with Crippen LogP contribution in [0, 0.1) is 17.8 Å². The molecule has 2 heteroatoms. The molecule has 172 valence electrons. The molecule has 3 saturated carbocycles. The molecule has 0 bridgehead atoms. The van der Waals surface area contributed by atoms with Gasteiger partial charge in [0.05, 0.1) is 0 Å². The van der Waals surface area contributed by atoms with Gasteiger partial charge in [0, 0.05) is 0 Å². The summed E-state index contributed by atoms with van der Waals surface area (Å²) in [6.07, 6.45) is 7.65. The lowest BCUT2D eigenvalue weighted by molar-refractivity contribution is 0.443. The van der Waals surface area contributed by atoms with Crippen molar-refractivity contribution in [3.05, 3.63) is 46.5 Å². The van der Waals surface area contributed by atoms with E-state index in [9.17, 15) is 10.2 Å². The van der Waals surface area contributed by atoms with E-state index in [4.69, 9.17) is 0 Å². The van der Waals surface area contributed by atoms with Gasteiger partial charge in [0.1, 0.15) is 11.5 Å². The maximum atomic E-state index is 11.3. The number of phenols is 2. The second-order valence-electron chi connectivity index (χ2n) is 11.5. The molecule has 32 heavy (non-hydrogen) atoms. The van der Waals surface area contributed by atoms with E-state index in [1.165, 1.54) is 49.7 Å². The van der Waals surface area contributed by atoms with Crippen LogP contribution >= 0.6 is 0 Å². The summed E-state index contributed by atoms with van der Waals surface area (Å²) in [5, 5.41) is 22.5. The largest absolute Gasteiger partial charge is 0.507 e. The Hall–Kier alpha value is -1.96. The van der Waals surface area contributed by atoms with Gasteiger partial charge in [-0.15, -0.1) is 0 Å². The van der Waals surface area contributed by atoms with E-state index < -0.39 is 0 Å². The molecular formula is C30H40O2. The fourth-order valence-electron chi connectivity index (χ4n) is 5.73. The Kier molecular flexibility index (Phi) is 5.55. The SMILES string of the molecule is CC(C)c1cc(-c2cc(C(C)C3CC3)c(O)c(C(C)C3CC3)c2)cc(C(C)C2CC2)c1O. The lowest BCUT2D eigenvalue weighted by atomic mass is 9.83. The predicted molar refractivity (Wildman–Crippen MR) is 133 cm³/mol. The van der Waals surface area contributed by atoms with Gasteiger partial charge in [-0.2, -0.15) is 0 Å². The monoisotopic (exact) mass is 432 g/mol. The first-order valence-corrected chi connectivity index (χ1v) is 13.0. The van der Waals surface area contributed by atoms with Crippen molar-refractivity contribution in [2.75, 3.05) is 0 Å². The van der Waals surface area contributed by atoms with Crippen LogP contribution < -0.4 is 0 Å². The number of aromatic hydroxyl groups is 2. The van der Waals surface area contributed by atoms with Crippen LogP contribution in [0.3, 0.4) is 0 Å². The topological polar surface area (TPSA) is 40.5 Å². The maximum absolute atomic E-state index is 11.3. The average molecular weight is 433 g/mol. The average Bonchev–Trinajstić information content (AvgIpc) is 3.64. The number of rotatable bonds is 8. The smallest absolute Gasteiger partial charge is 0.122 e. The van der Waals surface area contributed by atoms with Gasteiger partial charge in [-0.25, -0.2) is 0 Å². The highest BCUT2D eigenvalue weighted by molar-refractivity contribution is 5.72. The summed E-state index contributed by atoms with van der Waals surface area (Å²) in [4.78, 5) is 0. The number of phenolic OH excluding ortho intramolecular Hbond substituents is 2. The Morgan fingerprint density at radius 3 is 1.09 bits per heavy atom. The zero-order valence-corrected chi connectivity index (χ0v) is 20.5.